The molecule has 2 aromatic rings. The van der Waals surface area contributed by atoms with Crippen molar-refractivity contribution in [1.29, 1.82) is 0 Å². The van der Waals surface area contributed by atoms with Gasteiger partial charge in [0.2, 0.25) is 5.91 Å². The molecule has 0 saturated carbocycles. The lowest BCUT2D eigenvalue weighted by molar-refractivity contribution is -0.135. The average molecular weight is 572 g/mol. The first-order valence-electron chi connectivity index (χ1n) is 12.8. The predicted octanol–water partition coefficient (Wildman–Crippen LogP) is 5.98. The van der Waals surface area contributed by atoms with Gasteiger partial charge in [-0.25, -0.2) is 4.39 Å². The van der Waals surface area contributed by atoms with Crippen LogP contribution in [0.5, 0.6) is 0 Å². The average Bonchev–Trinajstić information content (AvgIpc) is 3.28. The Morgan fingerprint density at radius 3 is 2.30 bits per heavy atom. The van der Waals surface area contributed by atoms with E-state index in [4.69, 9.17) is 28.9 Å². The Kier molecular flexibility index (Phi) is 10.1. The third-order valence-electron chi connectivity index (χ3n) is 7.76. The van der Waals surface area contributed by atoms with Crippen LogP contribution >= 0.6 is 35.6 Å². The third kappa shape index (κ3) is 6.36. The first-order chi connectivity index (χ1) is 17.1. The van der Waals surface area contributed by atoms with Crippen LogP contribution in [0.1, 0.15) is 50.8 Å². The largest absolute Gasteiger partial charge is 0.365 e. The van der Waals surface area contributed by atoms with E-state index in [0.717, 1.165) is 17.7 Å². The van der Waals surface area contributed by atoms with Gasteiger partial charge < -0.3 is 15.5 Å². The van der Waals surface area contributed by atoms with Crippen LogP contribution in [0.15, 0.2) is 36.4 Å². The number of hydrogen-bond acceptors (Lipinski definition) is 4. The van der Waals surface area contributed by atoms with E-state index < -0.39 is 0 Å². The molecule has 2 heterocycles. The third-order valence-corrected chi connectivity index (χ3v) is 8.32. The van der Waals surface area contributed by atoms with Gasteiger partial charge in [0.05, 0.1) is 11.6 Å². The van der Waals surface area contributed by atoms with Crippen molar-refractivity contribution in [3.05, 3.63) is 63.4 Å². The highest BCUT2D eigenvalue weighted by molar-refractivity contribution is 6.35. The van der Waals surface area contributed by atoms with Crippen molar-refractivity contribution in [1.82, 2.24) is 9.80 Å². The second-order valence-corrected chi connectivity index (χ2v) is 11.5. The van der Waals surface area contributed by atoms with Crippen molar-refractivity contribution in [3.8, 4) is 0 Å². The molecule has 37 heavy (non-hydrogen) atoms. The number of piperazine rings is 1. The summed E-state index contributed by atoms with van der Waals surface area (Å²) in [5.41, 5.74) is 8.79. The summed E-state index contributed by atoms with van der Waals surface area (Å²) in [7, 11) is 0. The van der Waals surface area contributed by atoms with E-state index in [9.17, 15) is 9.18 Å². The standard InChI is InChI=1S/C28H37Cl2FN4O.ClH/c1-17(2)26(32)21-6-5-7-25(31)27(21)33-10-12-34(13-11-33)28(36)23-16-35(18(3)4)15-22(23)20-9-8-19(29)14-24(20)30;/h5-9,14,17-18,22-23,26H,10-13,15-16,32H2,1-4H3;1H/t22?,23?,26-;/m0./s1. The van der Waals surface area contributed by atoms with E-state index in [-0.39, 0.29) is 47.9 Å². The van der Waals surface area contributed by atoms with Crippen LogP contribution in [-0.2, 0) is 4.79 Å². The number of carbonyl (C=O) groups is 1. The first-order valence-corrected chi connectivity index (χ1v) is 13.6. The second-order valence-electron chi connectivity index (χ2n) is 10.7. The summed E-state index contributed by atoms with van der Waals surface area (Å²) in [6.07, 6.45) is 0. The predicted molar refractivity (Wildman–Crippen MR) is 154 cm³/mol. The fourth-order valence-corrected chi connectivity index (χ4v) is 6.05. The molecule has 0 radical (unpaired) electrons. The van der Waals surface area contributed by atoms with E-state index in [1.807, 2.05) is 41.8 Å². The normalized spacial score (nSPS) is 21.5. The van der Waals surface area contributed by atoms with E-state index in [2.05, 4.69) is 18.7 Å². The minimum Gasteiger partial charge on any atom is -0.365 e. The molecule has 2 aliphatic heterocycles. The molecule has 0 bridgehead atoms. The second kappa shape index (κ2) is 12.5. The van der Waals surface area contributed by atoms with Gasteiger partial charge in [0.15, 0.2) is 0 Å². The Balaban J connectivity index is 0.00000380. The van der Waals surface area contributed by atoms with Crippen molar-refractivity contribution >= 4 is 47.2 Å². The van der Waals surface area contributed by atoms with Gasteiger partial charge in [-0.15, -0.1) is 12.4 Å². The Morgan fingerprint density at radius 2 is 1.70 bits per heavy atom. The molecule has 4 rings (SSSR count). The highest BCUT2D eigenvalue weighted by Crippen LogP contribution is 2.39. The van der Waals surface area contributed by atoms with E-state index in [1.165, 1.54) is 6.07 Å². The van der Waals surface area contributed by atoms with Crippen molar-refractivity contribution in [2.24, 2.45) is 17.6 Å². The Labute approximate surface area is 236 Å². The maximum atomic E-state index is 15.0. The smallest absolute Gasteiger partial charge is 0.227 e. The fraction of sp³-hybridized carbons (Fsp3) is 0.536. The van der Waals surface area contributed by atoms with Crippen LogP contribution in [0, 0.1) is 17.7 Å². The van der Waals surface area contributed by atoms with Gasteiger partial charge in [0.1, 0.15) is 5.82 Å². The fourth-order valence-electron chi connectivity index (χ4n) is 5.50. The number of rotatable bonds is 6. The first kappa shape index (κ1) is 30.0. The molecular formula is C28H38Cl3FN4O. The molecule has 204 valence electrons. The summed E-state index contributed by atoms with van der Waals surface area (Å²) in [6, 6.07) is 10.8. The van der Waals surface area contributed by atoms with Crippen LogP contribution in [0.4, 0.5) is 10.1 Å². The monoisotopic (exact) mass is 570 g/mol. The quantitative estimate of drug-likeness (QED) is 0.463. The minimum atomic E-state index is -0.260. The number of amides is 1. The van der Waals surface area contributed by atoms with Gasteiger partial charge in [-0.3, -0.25) is 9.69 Å². The van der Waals surface area contributed by atoms with Gasteiger partial charge in [0.25, 0.3) is 0 Å². The number of likely N-dealkylation sites (tertiary alicyclic amines) is 1. The van der Waals surface area contributed by atoms with E-state index >= 15 is 0 Å². The molecule has 2 aliphatic rings. The lowest BCUT2D eigenvalue weighted by Gasteiger charge is -2.39. The maximum absolute atomic E-state index is 15.0. The Bertz CT molecular complexity index is 1090. The topological polar surface area (TPSA) is 52.8 Å². The highest BCUT2D eigenvalue weighted by Gasteiger charge is 2.42. The molecule has 0 aliphatic carbocycles. The molecule has 2 fully saturated rings. The van der Waals surface area contributed by atoms with Crippen LogP contribution in [-0.4, -0.2) is 61.0 Å². The van der Waals surface area contributed by atoms with Crippen molar-refractivity contribution in [2.45, 2.75) is 45.7 Å². The maximum Gasteiger partial charge on any atom is 0.227 e. The minimum absolute atomic E-state index is 0. The number of nitrogens with two attached hydrogens (primary N) is 1. The van der Waals surface area contributed by atoms with Crippen molar-refractivity contribution < 1.29 is 9.18 Å². The number of halogens is 4. The lowest BCUT2D eigenvalue weighted by Crippen LogP contribution is -2.51. The summed E-state index contributed by atoms with van der Waals surface area (Å²) in [5, 5.41) is 1.19. The molecule has 2 unspecified atom stereocenters. The lowest BCUT2D eigenvalue weighted by atomic mass is 9.87. The molecule has 0 aromatic heterocycles. The van der Waals surface area contributed by atoms with Crippen molar-refractivity contribution in [3.63, 3.8) is 0 Å². The molecule has 0 spiro atoms. The number of para-hydroxylation sites is 1. The van der Waals surface area contributed by atoms with Crippen LogP contribution in [0.25, 0.3) is 0 Å². The van der Waals surface area contributed by atoms with Gasteiger partial charge in [-0.1, -0.05) is 55.2 Å². The van der Waals surface area contributed by atoms with Crippen LogP contribution in [0.3, 0.4) is 0 Å². The molecule has 1 amide bonds. The zero-order chi connectivity index (χ0) is 26.1. The molecular weight excluding hydrogens is 534 g/mol. The highest BCUT2D eigenvalue weighted by atomic mass is 35.5. The van der Waals surface area contributed by atoms with Gasteiger partial charge >= 0.3 is 0 Å². The molecule has 2 saturated heterocycles. The van der Waals surface area contributed by atoms with Gasteiger partial charge in [-0.2, -0.15) is 0 Å². The van der Waals surface area contributed by atoms with Gasteiger partial charge in [0, 0.05) is 67.3 Å². The van der Waals surface area contributed by atoms with Gasteiger partial charge in [-0.05, 0) is 49.1 Å². The summed E-state index contributed by atoms with van der Waals surface area (Å²) in [4.78, 5) is 20.1. The Morgan fingerprint density at radius 1 is 1.03 bits per heavy atom. The number of benzene rings is 2. The van der Waals surface area contributed by atoms with Crippen LogP contribution < -0.4 is 10.6 Å². The number of nitrogens with zero attached hydrogens (tertiary/aromatic N) is 3. The number of anilines is 1. The summed E-state index contributed by atoms with van der Waals surface area (Å²) >= 11 is 12.7. The molecule has 3 atom stereocenters. The molecule has 2 aromatic carbocycles. The van der Waals surface area contributed by atoms with Crippen molar-refractivity contribution in [2.75, 3.05) is 44.2 Å². The molecule has 5 nitrogen and oxygen atoms in total. The summed E-state index contributed by atoms with van der Waals surface area (Å²) in [6.45, 7) is 12.1. The zero-order valence-electron chi connectivity index (χ0n) is 22.0. The number of hydrogen-bond donors (Lipinski definition) is 1. The summed E-state index contributed by atoms with van der Waals surface area (Å²) < 4.78 is 15.0. The van der Waals surface area contributed by atoms with E-state index in [1.54, 1.807) is 12.1 Å². The number of carbonyl (C=O) groups excluding carboxylic acids is 1. The zero-order valence-corrected chi connectivity index (χ0v) is 24.3. The SMILES string of the molecule is CC(C)[C@H](N)c1cccc(F)c1N1CCN(C(=O)C2CN(C(C)C)CC2c2ccc(Cl)cc2Cl)CC1.Cl. The molecule has 2 N–H and O–H groups in total. The molecule has 9 heteroatoms. The Hall–Kier alpha value is -1.57. The summed E-state index contributed by atoms with van der Waals surface area (Å²) in [5.74, 6) is -0.108. The van der Waals surface area contributed by atoms with Crippen LogP contribution in [0.2, 0.25) is 10.0 Å². The van der Waals surface area contributed by atoms with E-state index in [0.29, 0.717) is 54.5 Å².